The topological polar surface area (TPSA) is 136 Å². The van der Waals surface area contributed by atoms with Crippen LogP contribution in [0, 0.1) is 0 Å². The van der Waals surface area contributed by atoms with Gasteiger partial charge in [0.1, 0.15) is 15.6 Å². The fraction of sp³-hybridized carbons (Fsp3) is 0.308. The molecule has 0 saturated heterocycles. The zero-order valence-electron chi connectivity index (χ0n) is 13.9. The largest absolute Gasteiger partial charge is 0.538 e. The molecule has 13 heteroatoms. The van der Waals surface area contributed by atoms with Gasteiger partial charge in [-0.2, -0.15) is 0 Å². The van der Waals surface area contributed by atoms with Crippen molar-refractivity contribution in [3.63, 3.8) is 0 Å². The zero-order valence-corrected chi connectivity index (χ0v) is 15.4. The summed E-state index contributed by atoms with van der Waals surface area (Å²) in [5.74, 6) is -3.38. The van der Waals surface area contributed by atoms with E-state index in [9.17, 15) is 19.5 Å². The number of amides is 1. The van der Waals surface area contributed by atoms with E-state index in [-0.39, 0.29) is 15.2 Å². The molecule has 0 atom stereocenters. The monoisotopic (exact) mass is 401 g/mol. The maximum absolute atomic E-state index is 11.7. The second kappa shape index (κ2) is 8.67. The fourth-order valence-electron chi connectivity index (χ4n) is 1.28. The molecular formula is C13H13BClN3O7S. The van der Waals surface area contributed by atoms with E-state index in [4.69, 9.17) is 16.3 Å². The predicted molar refractivity (Wildman–Crippen MR) is 93.2 cm³/mol. The minimum Gasteiger partial charge on any atom is -0.538 e. The Morgan fingerprint density at radius 3 is 2.50 bits per heavy atom. The molecule has 1 aromatic heterocycles. The molecule has 138 valence electrons. The number of halogens is 1. The molecule has 26 heavy (non-hydrogen) atoms. The van der Waals surface area contributed by atoms with E-state index in [2.05, 4.69) is 39.6 Å². The molecule has 0 aliphatic rings. The van der Waals surface area contributed by atoms with Crippen LogP contribution in [0.3, 0.4) is 0 Å². The molecule has 2 radical (unpaired) electrons. The van der Waals surface area contributed by atoms with E-state index >= 15 is 0 Å². The molecule has 0 unspecified atom stereocenters. The number of aromatic nitrogens is 1. The average molecular weight is 402 g/mol. The Kier molecular flexibility index (Phi) is 7.15. The highest BCUT2D eigenvalue weighted by Crippen LogP contribution is 2.29. The highest BCUT2D eigenvalue weighted by Gasteiger charge is 2.24. The number of nitrogens with zero attached hydrogens (tertiary/aromatic N) is 2. The Hall–Kier alpha value is -2.60. The summed E-state index contributed by atoms with van der Waals surface area (Å²) >= 11 is 6.70. The molecule has 0 fully saturated rings. The van der Waals surface area contributed by atoms with Gasteiger partial charge in [0, 0.05) is 0 Å². The summed E-state index contributed by atoms with van der Waals surface area (Å²) in [5.41, 5.74) is -1.79. The van der Waals surface area contributed by atoms with Crippen molar-refractivity contribution in [2.45, 2.75) is 26.4 Å². The molecule has 0 aromatic carbocycles. The van der Waals surface area contributed by atoms with E-state index in [1.165, 1.54) is 0 Å². The van der Waals surface area contributed by atoms with Crippen LogP contribution < -0.4 is 5.32 Å². The predicted octanol–water partition coefficient (Wildman–Crippen LogP) is 2.09. The maximum atomic E-state index is 11.7. The lowest BCUT2D eigenvalue weighted by Crippen LogP contribution is -2.27. The minimum absolute atomic E-state index is 0.0339. The van der Waals surface area contributed by atoms with Gasteiger partial charge in [0.2, 0.25) is 11.5 Å². The maximum Gasteiger partial charge on any atom is 0.413 e. The summed E-state index contributed by atoms with van der Waals surface area (Å²) in [6.07, 6.45) is -0.807. The van der Waals surface area contributed by atoms with Crippen LogP contribution in [0.4, 0.5) is 9.93 Å². The van der Waals surface area contributed by atoms with Gasteiger partial charge in [-0.3, -0.25) is 5.32 Å². The van der Waals surface area contributed by atoms with Crippen molar-refractivity contribution in [2.75, 3.05) is 5.32 Å². The number of hydrogen-bond donors (Lipinski definition) is 2. The Morgan fingerprint density at radius 1 is 1.38 bits per heavy atom. The summed E-state index contributed by atoms with van der Waals surface area (Å²) in [4.78, 5) is 42.5. The molecule has 0 saturated carbocycles. The summed E-state index contributed by atoms with van der Waals surface area (Å²) in [6, 6.07) is 0. The van der Waals surface area contributed by atoms with Crippen molar-refractivity contribution in [2.24, 2.45) is 5.16 Å². The second-order valence-electron chi connectivity index (χ2n) is 5.43. The van der Waals surface area contributed by atoms with Crippen LogP contribution in [-0.2, 0) is 23.8 Å². The van der Waals surface area contributed by atoms with Crippen LogP contribution in [0.2, 0.25) is 4.34 Å². The number of carboxylic acids is 1. The number of carboxylic acid groups (broad SMARTS) is 1. The summed E-state index contributed by atoms with van der Waals surface area (Å²) in [5, 5.41) is 14.7. The van der Waals surface area contributed by atoms with Crippen molar-refractivity contribution in [3.05, 3.63) is 22.4 Å². The number of oxime groups is 1. The molecule has 1 heterocycles. The average Bonchev–Trinajstić information content (AvgIpc) is 2.84. The number of aliphatic carboxylic acids is 1. The van der Waals surface area contributed by atoms with E-state index in [1.54, 1.807) is 20.8 Å². The molecular weight excluding hydrogens is 388 g/mol. The van der Waals surface area contributed by atoms with Crippen LogP contribution in [0.25, 0.3) is 0 Å². The summed E-state index contributed by atoms with van der Waals surface area (Å²) in [6.45, 7) is 8.15. The van der Waals surface area contributed by atoms with Crippen LogP contribution >= 0.6 is 22.9 Å². The Morgan fingerprint density at radius 2 is 2.00 bits per heavy atom. The Balaban J connectivity index is 3.02. The molecule has 10 nitrogen and oxygen atoms in total. The standard InChI is InChI=1S/C13H13BClN3O7S/c1-5(10(21)24-14)25-18-7(9(19)20)6-8(15)26-11(16-6)17-12(22)23-13(2,3)4/h1H2,2-4H3,(H,19,20)(H,16,17,22)/b18-7-. The van der Waals surface area contributed by atoms with Gasteiger partial charge in [0.25, 0.3) is 0 Å². The Bertz CT molecular complexity index is 772. The van der Waals surface area contributed by atoms with Crippen molar-refractivity contribution in [3.8, 4) is 0 Å². The third kappa shape index (κ3) is 6.37. The first-order valence-electron chi connectivity index (χ1n) is 6.69. The normalized spacial score (nSPS) is 11.5. The van der Waals surface area contributed by atoms with Crippen LogP contribution in [0.1, 0.15) is 26.5 Å². The van der Waals surface area contributed by atoms with Crippen LogP contribution in [0.5, 0.6) is 0 Å². The van der Waals surface area contributed by atoms with Crippen LogP contribution in [-0.4, -0.2) is 47.5 Å². The molecule has 1 rings (SSSR count). The van der Waals surface area contributed by atoms with Gasteiger partial charge in [-0.25, -0.2) is 19.4 Å². The minimum atomic E-state index is -1.56. The van der Waals surface area contributed by atoms with Gasteiger partial charge in [0.15, 0.2) is 5.13 Å². The summed E-state index contributed by atoms with van der Waals surface area (Å²) < 4.78 is 8.78. The smallest absolute Gasteiger partial charge is 0.413 e. The molecule has 0 bridgehead atoms. The third-order valence-electron chi connectivity index (χ3n) is 2.20. The molecule has 1 amide bonds. The van der Waals surface area contributed by atoms with E-state index in [0.29, 0.717) is 0 Å². The fourth-order valence-corrected chi connectivity index (χ4v) is 2.31. The van der Waals surface area contributed by atoms with Gasteiger partial charge in [-0.15, -0.1) is 0 Å². The lowest BCUT2D eigenvalue weighted by Gasteiger charge is -2.18. The summed E-state index contributed by atoms with van der Waals surface area (Å²) in [7, 11) is 4.63. The quantitative estimate of drug-likeness (QED) is 0.243. The van der Waals surface area contributed by atoms with Gasteiger partial charge < -0.3 is 19.3 Å². The van der Waals surface area contributed by atoms with Crippen molar-refractivity contribution in [1.82, 2.24) is 4.98 Å². The number of rotatable bonds is 6. The Labute approximate surface area is 158 Å². The zero-order chi connectivity index (χ0) is 20.1. The molecule has 2 N–H and O–H groups in total. The number of thiazole rings is 1. The number of anilines is 1. The first kappa shape index (κ1) is 21.4. The number of carbonyl (C=O) groups is 3. The highest BCUT2D eigenvalue weighted by atomic mass is 35.5. The lowest BCUT2D eigenvalue weighted by atomic mass is 10.2. The van der Waals surface area contributed by atoms with E-state index in [0.717, 1.165) is 11.3 Å². The first-order chi connectivity index (χ1) is 11.9. The number of hydrogen-bond acceptors (Lipinski definition) is 9. The first-order valence-corrected chi connectivity index (χ1v) is 7.89. The molecule has 0 aliphatic heterocycles. The van der Waals surface area contributed by atoms with Gasteiger partial charge >= 0.3 is 26.1 Å². The van der Waals surface area contributed by atoms with Crippen LogP contribution in [0.15, 0.2) is 17.5 Å². The molecule has 1 aromatic rings. The number of nitrogens with one attached hydrogen (secondary N) is 1. The SMILES string of the molecule is [B]OC(=O)C(=C)O/N=C(\C(=O)O)c1nc(NC(=O)OC(C)(C)C)sc1Cl. The lowest BCUT2D eigenvalue weighted by molar-refractivity contribution is -0.134. The number of ether oxygens (including phenoxy) is 1. The van der Waals surface area contributed by atoms with Crippen molar-refractivity contribution >= 4 is 59.9 Å². The van der Waals surface area contributed by atoms with Gasteiger partial charge in [-0.05, 0) is 27.4 Å². The molecule has 0 aliphatic carbocycles. The van der Waals surface area contributed by atoms with Crippen molar-refractivity contribution in [1.29, 1.82) is 0 Å². The van der Waals surface area contributed by atoms with Gasteiger partial charge in [-0.1, -0.05) is 28.1 Å². The van der Waals surface area contributed by atoms with E-state index in [1.807, 2.05) is 0 Å². The third-order valence-corrected chi connectivity index (χ3v) is 3.37. The highest BCUT2D eigenvalue weighted by molar-refractivity contribution is 7.20. The number of carbonyl (C=O) groups excluding carboxylic acids is 2. The molecule has 0 spiro atoms. The van der Waals surface area contributed by atoms with Gasteiger partial charge in [0.05, 0.1) is 0 Å². The van der Waals surface area contributed by atoms with E-state index < -0.39 is 35.1 Å². The van der Waals surface area contributed by atoms with Crippen molar-refractivity contribution < 1.29 is 33.7 Å². The second-order valence-corrected chi connectivity index (χ2v) is 7.03.